The highest BCUT2D eigenvalue weighted by atomic mass is 32.1. The van der Waals surface area contributed by atoms with E-state index in [-0.39, 0.29) is 5.91 Å². The van der Waals surface area contributed by atoms with Gasteiger partial charge in [-0.25, -0.2) is 0 Å². The van der Waals surface area contributed by atoms with Crippen LogP contribution in [0.25, 0.3) is 0 Å². The molecule has 0 spiro atoms. The van der Waals surface area contributed by atoms with Crippen molar-refractivity contribution >= 4 is 17.2 Å². The fraction of sp³-hybridized carbons (Fsp3) is 0.643. The van der Waals surface area contributed by atoms with Crippen LogP contribution in [0.15, 0.2) is 17.5 Å². The monoisotopic (exact) mass is 266 g/mol. The quantitative estimate of drug-likeness (QED) is 0.888. The number of nitrogens with one attached hydrogen (secondary N) is 1. The zero-order valence-electron chi connectivity index (χ0n) is 11.0. The van der Waals surface area contributed by atoms with Crippen molar-refractivity contribution < 1.29 is 4.79 Å². The predicted molar refractivity (Wildman–Crippen MR) is 76.1 cm³/mol. The molecule has 4 heteroatoms. The summed E-state index contributed by atoms with van der Waals surface area (Å²) >= 11 is 1.50. The Morgan fingerprint density at radius 1 is 1.44 bits per heavy atom. The summed E-state index contributed by atoms with van der Waals surface area (Å²) in [4.78, 5) is 15.1. The molecular formula is C14H22N2OS. The summed E-state index contributed by atoms with van der Waals surface area (Å²) in [6, 6.07) is 3.78. The molecule has 0 bridgehead atoms. The van der Waals surface area contributed by atoms with Crippen LogP contribution in [0.3, 0.4) is 0 Å². The van der Waals surface area contributed by atoms with Gasteiger partial charge in [0.05, 0.1) is 4.88 Å². The lowest BCUT2D eigenvalue weighted by Gasteiger charge is -2.29. The molecule has 1 aliphatic heterocycles. The molecule has 1 aromatic heterocycles. The molecule has 0 aromatic carbocycles. The van der Waals surface area contributed by atoms with Crippen LogP contribution in [0.5, 0.6) is 0 Å². The SMILES string of the molecule is CC(CNC(=O)c1cccs1)CN1CCCCC1. The van der Waals surface area contributed by atoms with Gasteiger partial charge in [-0.05, 0) is 43.3 Å². The Balaban J connectivity index is 1.68. The van der Waals surface area contributed by atoms with Gasteiger partial charge in [-0.1, -0.05) is 19.4 Å². The first-order valence-electron chi connectivity index (χ1n) is 6.80. The molecule has 1 atom stereocenters. The highest BCUT2D eigenvalue weighted by Crippen LogP contribution is 2.11. The van der Waals surface area contributed by atoms with Crippen molar-refractivity contribution in [3.63, 3.8) is 0 Å². The van der Waals surface area contributed by atoms with Gasteiger partial charge < -0.3 is 10.2 Å². The van der Waals surface area contributed by atoms with E-state index in [1.807, 2.05) is 17.5 Å². The van der Waals surface area contributed by atoms with Crippen LogP contribution in [0.1, 0.15) is 35.9 Å². The number of hydrogen-bond acceptors (Lipinski definition) is 3. The number of amides is 1. The number of thiophene rings is 1. The van der Waals surface area contributed by atoms with Crippen LogP contribution in [-0.4, -0.2) is 37.0 Å². The molecule has 18 heavy (non-hydrogen) atoms. The van der Waals surface area contributed by atoms with E-state index in [1.165, 1.54) is 43.7 Å². The minimum absolute atomic E-state index is 0.0653. The number of likely N-dealkylation sites (tertiary alicyclic amines) is 1. The highest BCUT2D eigenvalue weighted by molar-refractivity contribution is 7.12. The van der Waals surface area contributed by atoms with Gasteiger partial charge in [-0.3, -0.25) is 4.79 Å². The van der Waals surface area contributed by atoms with E-state index in [2.05, 4.69) is 17.1 Å². The number of nitrogens with zero attached hydrogens (tertiary/aromatic N) is 1. The third kappa shape index (κ3) is 4.10. The smallest absolute Gasteiger partial charge is 0.261 e. The Bertz CT molecular complexity index is 358. The number of rotatable bonds is 5. The van der Waals surface area contributed by atoms with Gasteiger partial charge in [0.2, 0.25) is 0 Å². The summed E-state index contributed by atoms with van der Waals surface area (Å²) in [5.74, 6) is 0.586. The molecule has 0 aliphatic carbocycles. The van der Waals surface area contributed by atoms with Crippen LogP contribution in [0.4, 0.5) is 0 Å². The number of piperidine rings is 1. The molecule has 1 unspecified atom stereocenters. The largest absolute Gasteiger partial charge is 0.351 e. The van der Waals surface area contributed by atoms with Crippen molar-refractivity contribution in [1.82, 2.24) is 10.2 Å². The highest BCUT2D eigenvalue weighted by Gasteiger charge is 2.14. The van der Waals surface area contributed by atoms with E-state index in [9.17, 15) is 4.79 Å². The molecule has 2 rings (SSSR count). The van der Waals surface area contributed by atoms with E-state index in [0.717, 1.165) is 18.0 Å². The number of carbonyl (C=O) groups excluding carboxylic acids is 1. The molecule has 1 N–H and O–H groups in total. The van der Waals surface area contributed by atoms with Crippen molar-refractivity contribution in [2.45, 2.75) is 26.2 Å². The summed E-state index contributed by atoms with van der Waals surface area (Å²) in [6.45, 7) is 6.54. The third-order valence-corrected chi connectivity index (χ3v) is 4.24. The van der Waals surface area contributed by atoms with Crippen LogP contribution in [0.2, 0.25) is 0 Å². The minimum Gasteiger partial charge on any atom is -0.351 e. The Morgan fingerprint density at radius 3 is 2.89 bits per heavy atom. The second-order valence-corrected chi connectivity index (χ2v) is 6.10. The molecule has 1 aromatic rings. The normalized spacial score (nSPS) is 18.5. The molecule has 100 valence electrons. The molecular weight excluding hydrogens is 244 g/mol. The minimum atomic E-state index is 0.0653. The first-order valence-corrected chi connectivity index (χ1v) is 7.68. The third-order valence-electron chi connectivity index (χ3n) is 3.37. The molecule has 3 nitrogen and oxygen atoms in total. The lowest BCUT2D eigenvalue weighted by atomic mass is 10.1. The van der Waals surface area contributed by atoms with Gasteiger partial charge in [0.1, 0.15) is 0 Å². The van der Waals surface area contributed by atoms with Gasteiger partial charge in [0.15, 0.2) is 0 Å². The van der Waals surface area contributed by atoms with Crippen molar-refractivity contribution in [2.24, 2.45) is 5.92 Å². The van der Waals surface area contributed by atoms with Crippen molar-refractivity contribution in [1.29, 1.82) is 0 Å². The van der Waals surface area contributed by atoms with Gasteiger partial charge in [0.25, 0.3) is 5.91 Å². The molecule has 1 aliphatic rings. The molecule has 1 amide bonds. The van der Waals surface area contributed by atoms with Gasteiger partial charge in [0, 0.05) is 13.1 Å². The van der Waals surface area contributed by atoms with Gasteiger partial charge in [-0.15, -0.1) is 11.3 Å². The molecule has 1 fully saturated rings. The molecule has 0 saturated carbocycles. The summed E-state index contributed by atoms with van der Waals surface area (Å²) in [6.07, 6.45) is 4.03. The average molecular weight is 266 g/mol. The maximum Gasteiger partial charge on any atom is 0.261 e. The predicted octanol–water partition coefficient (Wildman–Crippen LogP) is 2.60. The Kier molecular flexibility index (Phi) is 5.20. The van der Waals surface area contributed by atoms with E-state index >= 15 is 0 Å². The van der Waals surface area contributed by atoms with Crippen LogP contribution in [0, 0.1) is 5.92 Å². The first-order chi connectivity index (χ1) is 8.75. The van der Waals surface area contributed by atoms with E-state index < -0.39 is 0 Å². The van der Waals surface area contributed by atoms with Crippen LogP contribution >= 0.6 is 11.3 Å². The van der Waals surface area contributed by atoms with Crippen molar-refractivity contribution in [3.05, 3.63) is 22.4 Å². The second kappa shape index (κ2) is 6.90. The second-order valence-electron chi connectivity index (χ2n) is 5.15. The maximum atomic E-state index is 11.8. The zero-order chi connectivity index (χ0) is 12.8. The Hall–Kier alpha value is -0.870. The average Bonchev–Trinajstić information content (AvgIpc) is 2.91. The topological polar surface area (TPSA) is 32.3 Å². The fourth-order valence-corrected chi connectivity index (χ4v) is 3.05. The Morgan fingerprint density at radius 2 is 2.22 bits per heavy atom. The van der Waals surface area contributed by atoms with Gasteiger partial charge >= 0.3 is 0 Å². The molecule has 2 heterocycles. The Labute approximate surface area is 113 Å². The number of carbonyl (C=O) groups is 1. The molecule has 0 radical (unpaired) electrons. The summed E-state index contributed by atoms with van der Waals surface area (Å²) in [5.41, 5.74) is 0. The molecule has 1 saturated heterocycles. The fourth-order valence-electron chi connectivity index (χ4n) is 2.41. The summed E-state index contributed by atoms with van der Waals surface area (Å²) in [7, 11) is 0. The summed E-state index contributed by atoms with van der Waals surface area (Å²) in [5, 5.41) is 4.96. The summed E-state index contributed by atoms with van der Waals surface area (Å²) < 4.78 is 0. The van der Waals surface area contributed by atoms with Crippen molar-refractivity contribution in [2.75, 3.05) is 26.2 Å². The van der Waals surface area contributed by atoms with E-state index in [4.69, 9.17) is 0 Å². The first kappa shape index (κ1) is 13.6. The maximum absolute atomic E-state index is 11.8. The lowest BCUT2D eigenvalue weighted by Crippen LogP contribution is -2.37. The van der Waals surface area contributed by atoms with E-state index in [0.29, 0.717) is 5.92 Å². The van der Waals surface area contributed by atoms with Crippen LogP contribution < -0.4 is 5.32 Å². The standard InChI is InChI=1S/C14H22N2OS/c1-12(11-16-7-3-2-4-8-16)10-15-14(17)13-6-5-9-18-13/h5-6,9,12H,2-4,7-8,10-11H2,1H3,(H,15,17). The van der Waals surface area contributed by atoms with Crippen LogP contribution in [-0.2, 0) is 0 Å². The van der Waals surface area contributed by atoms with E-state index in [1.54, 1.807) is 0 Å². The number of hydrogen-bond donors (Lipinski definition) is 1. The van der Waals surface area contributed by atoms with Gasteiger partial charge in [-0.2, -0.15) is 0 Å². The van der Waals surface area contributed by atoms with Crippen molar-refractivity contribution in [3.8, 4) is 0 Å². The zero-order valence-corrected chi connectivity index (χ0v) is 11.8. The lowest BCUT2D eigenvalue weighted by molar-refractivity contribution is 0.0946.